The molecule has 0 saturated carbocycles. The number of aromatic nitrogens is 8. The molecule has 154 valence electrons. The third-order valence-corrected chi connectivity index (χ3v) is 7.25. The molecule has 0 radical (unpaired) electrons. The lowest BCUT2D eigenvalue weighted by atomic mass is 10.00. The predicted molar refractivity (Wildman–Crippen MR) is 120 cm³/mol. The van der Waals surface area contributed by atoms with Crippen LogP contribution in [0.3, 0.4) is 0 Å². The number of nitrogen functional groups attached to an aromatic ring is 1. The van der Waals surface area contributed by atoms with Gasteiger partial charge in [-0.25, -0.2) is 20.1 Å². The normalized spacial score (nSPS) is 19.1. The van der Waals surface area contributed by atoms with Crippen LogP contribution in [0.15, 0.2) is 24.8 Å². The zero-order valence-corrected chi connectivity index (χ0v) is 18.5. The Morgan fingerprint density at radius 1 is 1.27 bits per heavy atom. The summed E-state index contributed by atoms with van der Waals surface area (Å²) in [6, 6.07) is 3.92. The first kappa shape index (κ1) is 19.4. The second-order valence-corrected chi connectivity index (χ2v) is 8.73. The molecule has 3 aromatic heterocycles. The number of nitrogens with two attached hydrogens (primary N) is 2. The Morgan fingerprint density at radius 3 is 2.93 bits per heavy atom. The van der Waals surface area contributed by atoms with Gasteiger partial charge in [-0.2, -0.15) is 0 Å². The molecule has 1 atom stereocenters. The Balaban J connectivity index is 1.53. The summed E-state index contributed by atoms with van der Waals surface area (Å²) >= 11 is 8.73. The lowest BCUT2D eigenvalue weighted by Crippen LogP contribution is -2.41. The number of H-pyrrole nitrogens is 1. The van der Waals surface area contributed by atoms with E-state index in [4.69, 9.17) is 23.1 Å². The van der Waals surface area contributed by atoms with Gasteiger partial charge in [-0.3, -0.25) is 0 Å². The van der Waals surface area contributed by atoms with Crippen LogP contribution < -0.4 is 16.4 Å². The van der Waals surface area contributed by atoms with Crippen molar-refractivity contribution < 1.29 is 0 Å². The van der Waals surface area contributed by atoms with E-state index in [9.17, 15) is 0 Å². The average Bonchev–Trinajstić information content (AvgIpc) is 3.47. The van der Waals surface area contributed by atoms with Crippen LogP contribution in [0.4, 0.5) is 11.5 Å². The number of benzene rings is 1. The van der Waals surface area contributed by atoms with Crippen LogP contribution in [0.1, 0.15) is 17.8 Å². The van der Waals surface area contributed by atoms with Crippen molar-refractivity contribution in [3.63, 3.8) is 0 Å². The third kappa shape index (κ3) is 3.15. The summed E-state index contributed by atoms with van der Waals surface area (Å²) in [7, 11) is 0. The minimum absolute atomic E-state index is 0.355. The van der Waals surface area contributed by atoms with E-state index in [-0.39, 0.29) is 0 Å². The predicted octanol–water partition coefficient (Wildman–Crippen LogP) is 1.29. The van der Waals surface area contributed by atoms with E-state index in [1.807, 2.05) is 16.7 Å². The molecule has 1 fully saturated rings. The highest BCUT2D eigenvalue weighted by Crippen LogP contribution is 2.37. The lowest BCUT2D eigenvalue weighted by molar-refractivity contribution is 0.466. The van der Waals surface area contributed by atoms with Crippen LogP contribution in [0.25, 0.3) is 11.2 Å². The number of imidazole rings is 1. The number of tetrazole rings is 1. The quantitative estimate of drug-likeness (QED) is 0.327. The van der Waals surface area contributed by atoms with Crippen molar-refractivity contribution in [3.05, 3.63) is 44.8 Å². The summed E-state index contributed by atoms with van der Waals surface area (Å²) in [5.41, 5.74) is 15.3. The first-order chi connectivity index (χ1) is 14.5. The van der Waals surface area contributed by atoms with Crippen LogP contribution in [0, 0.1) is 3.57 Å². The van der Waals surface area contributed by atoms with Gasteiger partial charge in [-0.05, 0) is 51.6 Å². The number of hydrogen-bond acceptors (Lipinski definition) is 9. The molecule has 1 aliphatic heterocycles. The lowest BCUT2D eigenvalue weighted by Gasteiger charge is -2.26. The summed E-state index contributed by atoms with van der Waals surface area (Å²) < 4.78 is 2.91. The first-order valence-electron chi connectivity index (χ1n) is 9.12. The van der Waals surface area contributed by atoms with Gasteiger partial charge in [0, 0.05) is 27.9 Å². The van der Waals surface area contributed by atoms with Crippen LogP contribution >= 0.6 is 34.2 Å². The summed E-state index contributed by atoms with van der Waals surface area (Å²) in [5, 5.41) is 14.9. The minimum atomic E-state index is -0.644. The number of nitrogens with zero attached hydrogens (tertiary/aromatic N) is 8. The van der Waals surface area contributed by atoms with Crippen LogP contribution in [0.5, 0.6) is 0 Å². The fourth-order valence-electron chi connectivity index (χ4n) is 3.82. The molecule has 1 saturated heterocycles. The molecule has 5 N–H and O–H groups in total. The van der Waals surface area contributed by atoms with Gasteiger partial charge in [0.1, 0.15) is 11.8 Å². The molecule has 30 heavy (non-hydrogen) atoms. The third-order valence-electron chi connectivity index (χ3n) is 5.39. The Bertz CT molecular complexity index is 1220. The number of fused-ring (bicyclic) bond motifs is 1. The number of hydrogen-bond donors (Lipinski definition) is 3. The smallest absolute Gasteiger partial charge is 0.170 e. The molecule has 0 unspecified atom stereocenters. The van der Waals surface area contributed by atoms with Gasteiger partial charge < -0.3 is 20.9 Å². The molecule has 0 spiro atoms. The highest BCUT2D eigenvalue weighted by atomic mass is 127. The van der Waals surface area contributed by atoms with Gasteiger partial charge in [-0.1, -0.05) is 11.6 Å². The van der Waals surface area contributed by atoms with Gasteiger partial charge in [0.15, 0.2) is 17.3 Å². The van der Waals surface area contributed by atoms with E-state index in [0.717, 1.165) is 27.8 Å². The van der Waals surface area contributed by atoms with E-state index in [2.05, 4.69) is 63.1 Å². The van der Waals surface area contributed by atoms with Crippen molar-refractivity contribution in [1.82, 2.24) is 40.1 Å². The zero-order chi connectivity index (χ0) is 20.9. The minimum Gasteiger partial charge on any atom is -0.382 e. The maximum absolute atomic E-state index is 6.61. The van der Waals surface area contributed by atoms with Crippen molar-refractivity contribution in [2.75, 3.05) is 23.7 Å². The van der Waals surface area contributed by atoms with Crippen molar-refractivity contribution in [2.45, 2.75) is 18.5 Å². The number of halogens is 2. The number of aromatic amines is 1. The Morgan fingerprint density at radius 2 is 2.13 bits per heavy atom. The van der Waals surface area contributed by atoms with Gasteiger partial charge in [0.05, 0.1) is 23.4 Å². The maximum Gasteiger partial charge on any atom is 0.170 e. The van der Waals surface area contributed by atoms with E-state index < -0.39 is 5.54 Å². The van der Waals surface area contributed by atoms with E-state index in [1.165, 1.54) is 6.33 Å². The topological polar surface area (TPSA) is 153 Å². The van der Waals surface area contributed by atoms with Crippen molar-refractivity contribution >= 4 is 56.9 Å². The Kier molecular flexibility index (Phi) is 4.71. The van der Waals surface area contributed by atoms with E-state index in [0.29, 0.717) is 40.9 Å². The van der Waals surface area contributed by atoms with Crippen LogP contribution in [-0.4, -0.2) is 53.2 Å². The molecule has 11 nitrogen and oxygen atoms in total. The molecule has 5 rings (SSSR count). The fourth-order valence-corrected chi connectivity index (χ4v) is 4.62. The van der Waals surface area contributed by atoms with Crippen molar-refractivity contribution in [3.8, 4) is 0 Å². The average molecular weight is 538 g/mol. The molecule has 1 aliphatic rings. The number of nitrogens with one attached hydrogen (secondary N) is 1. The summed E-state index contributed by atoms with van der Waals surface area (Å²) in [6.45, 7) is 1.87. The largest absolute Gasteiger partial charge is 0.382 e. The molecule has 4 aromatic rings. The van der Waals surface area contributed by atoms with Crippen molar-refractivity contribution in [1.29, 1.82) is 0 Å². The van der Waals surface area contributed by atoms with Crippen molar-refractivity contribution in [2.24, 2.45) is 5.73 Å². The van der Waals surface area contributed by atoms with Crippen LogP contribution in [-0.2, 0) is 12.1 Å². The highest BCUT2D eigenvalue weighted by Gasteiger charge is 2.40. The summed E-state index contributed by atoms with van der Waals surface area (Å²) in [5.74, 6) is 0.941. The number of anilines is 2. The standard InChI is InChI=1S/C17H17ClIN11/c18-10-1-2-11(29-4-3-17(21,6-29)16-25-27-28-26-16)9(12(10)19)5-30-8-24-13-14(20)22-7-23-15(13)30/h1-2,7-8H,3-6,21H2,(H2,20,22,23)(H,25,26,27,28)/t17-/m1/s1. The molecule has 0 amide bonds. The Hall–Kier alpha value is -2.58. The molecule has 4 heterocycles. The zero-order valence-electron chi connectivity index (χ0n) is 15.6. The van der Waals surface area contributed by atoms with Crippen LogP contribution in [0.2, 0.25) is 5.02 Å². The second-order valence-electron chi connectivity index (χ2n) is 7.24. The van der Waals surface area contributed by atoms with Gasteiger partial charge in [0.2, 0.25) is 0 Å². The van der Waals surface area contributed by atoms with Gasteiger partial charge >= 0.3 is 0 Å². The molecule has 0 aliphatic carbocycles. The molecule has 13 heteroatoms. The summed E-state index contributed by atoms with van der Waals surface area (Å²) in [4.78, 5) is 15.0. The Labute approximate surface area is 189 Å². The molecule has 0 bridgehead atoms. The van der Waals surface area contributed by atoms with E-state index >= 15 is 0 Å². The fraction of sp³-hybridized carbons (Fsp3) is 0.294. The summed E-state index contributed by atoms with van der Waals surface area (Å²) in [6.07, 6.45) is 3.88. The molecular weight excluding hydrogens is 521 g/mol. The monoisotopic (exact) mass is 537 g/mol. The van der Waals surface area contributed by atoms with Gasteiger partial charge in [-0.15, -0.1) is 5.10 Å². The highest BCUT2D eigenvalue weighted by molar-refractivity contribution is 14.1. The SMILES string of the molecule is Nc1ncnc2c1ncn2Cc1c(N2CC[C@](N)(c3nnn[nH]3)C2)ccc(Cl)c1I. The number of rotatable bonds is 4. The second kappa shape index (κ2) is 7.28. The van der Waals surface area contributed by atoms with E-state index in [1.54, 1.807) is 6.33 Å². The first-order valence-corrected chi connectivity index (χ1v) is 10.6. The van der Waals surface area contributed by atoms with Gasteiger partial charge in [0.25, 0.3) is 0 Å². The maximum atomic E-state index is 6.61. The molecule has 1 aromatic carbocycles. The molecular formula is C17H17ClIN11.